The molecule has 0 atom stereocenters. The van der Waals surface area contributed by atoms with Crippen LogP contribution in [0.15, 0.2) is 49.3 Å². The Morgan fingerprint density at radius 1 is 0.972 bits per heavy atom. The number of nitrogens with zero attached hydrogens (tertiary/aromatic N) is 6. The van der Waals surface area contributed by atoms with E-state index in [0.717, 1.165) is 5.82 Å². The zero-order valence-corrected chi connectivity index (χ0v) is 20.4. The van der Waals surface area contributed by atoms with Gasteiger partial charge in [0.05, 0.1) is 5.92 Å². The van der Waals surface area contributed by atoms with Crippen LogP contribution in [0.25, 0.3) is 5.82 Å². The molecule has 3 N–H and O–H groups in total. The minimum Gasteiger partial charge on any atom is -0.355 e. The Hall–Kier alpha value is -4.35. The van der Waals surface area contributed by atoms with Crippen molar-refractivity contribution in [2.45, 2.75) is 20.8 Å². The number of anilines is 2. The van der Waals surface area contributed by atoms with E-state index in [-0.39, 0.29) is 23.6 Å². The summed E-state index contributed by atoms with van der Waals surface area (Å²) in [7, 11) is 0. The Bertz CT molecular complexity index is 1210. The van der Waals surface area contributed by atoms with Crippen LogP contribution in [0.3, 0.4) is 0 Å². The highest BCUT2D eigenvalue weighted by molar-refractivity contribution is 5.97. The Morgan fingerprint density at radius 3 is 2.33 bits per heavy atom. The van der Waals surface area contributed by atoms with Gasteiger partial charge in [0.25, 0.3) is 5.91 Å². The fraction of sp³-hybridized carbons (Fsp3) is 0.375. The van der Waals surface area contributed by atoms with Crippen molar-refractivity contribution in [1.29, 1.82) is 0 Å². The third-order valence-corrected chi connectivity index (χ3v) is 5.66. The number of aromatic nitrogens is 5. The Balaban J connectivity index is 1.16. The molecule has 1 aromatic carbocycles. The number of nitrogens with one attached hydrogen (secondary N) is 3. The van der Waals surface area contributed by atoms with Crippen molar-refractivity contribution in [2.75, 3.05) is 36.4 Å². The van der Waals surface area contributed by atoms with Crippen LogP contribution in [0.4, 0.5) is 11.5 Å². The molecule has 188 valence electrons. The lowest BCUT2D eigenvalue weighted by Gasteiger charge is -2.39. The van der Waals surface area contributed by atoms with Crippen LogP contribution in [0.1, 0.15) is 31.1 Å². The highest BCUT2D eigenvalue weighted by atomic mass is 16.2. The maximum absolute atomic E-state index is 12.4. The van der Waals surface area contributed by atoms with Crippen LogP contribution < -0.4 is 20.9 Å². The van der Waals surface area contributed by atoms with Crippen molar-refractivity contribution in [3.05, 3.63) is 54.9 Å². The molecule has 1 saturated heterocycles. The molecular weight excluding hydrogens is 462 g/mol. The van der Waals surface area contributed by atoms with Crippen LogP contribution in [0.5, 0.6) is 0 Å². The van der Waals surface area contributed by atoms with E-state index >= 15 is 0 Å². The largest absolute Gasteiger partial charge is 0.355 e. The molecule has 0 spiro atoms. The zero-order chi connectivity index (χ0) is 25.7. The minimum absolute atomic E-state index is 0.0648. The number of amides is 3. The standard InChI is InChI=1S/C24H29N9O3/c1-24(2,3)23(36)31-18-6-4-16(5-7-18)21(34)26-8-9-27-22(35)17-11-32(12-17)19-10-20(29-14-28-19)33-15-25-13-30-33/h4-7,10,13-15,17H,8-9,11-12H2,1-3H3,(H,26,34)(H,27,35)(H,31,36). The van der Waals surface area contributed by atoms with Crippen LogP contribution in [-0.2, 0) is 9.59 Å². The lowest BCUT2D eigenvalue weighted by atomic mass is 9.95. The van der Waals surface area contributed by atoms with Gasteiger partial charge in [-0.15, -0.1) is 0 Å². The predicted molar refractivity (Wildman–Crippen MR) is 133 cm³/mol. The van der Waals surface area contributed by atoms with E-state index in [1.54, 1.807) is 41.3 Å². The summed E-state index contributed by atoms with van der Waals surface area (Å²) in [5, 5.41) is 12.5. The molecule has 1 fully saturated rings. The summed E-state index contributed by atoms with van der Waals surface area (Å²) in [5.74, 6) is 0.755. The maximum Gasteiger partial charge on any atom is 0.251 e. The van der Waals surface area contributed by atoms with E-state index in [0.29, 0.717) is 43.2 Å². The molecule has 1 aliphatic heterocycles. The summed E-state index contributed by atoms with van der Waals surface area (Å²) in [4.78, 5) is 51.2. The van der Waals surface area contributed by atoms with Gasteiger partial charge in [0.15, 0.2) is 5.82 Å². The summed E-state index contributed by atoms with van der Waals surface area (Å²) in [6.07, 6.45) is 4.44. The second kappa shape index (κ2) is 10.5. The summed E-state index contributed by atoms with van der Waals surface area (Å²) in [6, 6.07) is 8.47. The van der Waals surface area contributed by atoms with Gasteiger partial charge < -0.3 is 20.9 Å². The van der Waals surface area contributed by atoms with Crippen molar-refractivity contribution in [3.63, 3.8) is 0 Å². The van der Waals surface area contributed by atoms with Crippen molar-refractivity contribution in [3.8, 4) is 5.82 Å². The smallest absolute Gasteiger partial charge is 0.251 e. The van der Waals surface area contributed by atoms with Gasteiger partial charge in [0, 0.05) is 48.9 Å². The summed E-state index contributed by atoms with van der Waals surface area (Å²) >= 11 is 0. The fourth-order valence-corrected chi connectivity index (χ4v) is 3.43. The molecule has 2 aromatic heterocycles. The van der Waals surface area contributed by atoms with Gasteiger partial charge in [-0.25, -0.2) is 19.6 Å². The highest BCUT2D eigenvalue weighted by Gasteiger charge is 2.33. The molecule has 3 aromatic rings. The lowest BCUT2D eigenvalue weighted by Crippen LogP contribution is -2.54. The second-order valence-electron chi connectivity index (χ2n) is 9.50. The first-order valence-electron chi connectivity index (χ1n) is 11.6. The first kappa shape index (κ1) is 24.8. The van der Waals surface area contributed by atoms with Crippen molar-refractivity contribution < 1.29 is 14.4 Å². The SMILES string of the molecule is CC(C)(C)C(=O)Nc1ccc(C(=O)NCCNC(=O)C2CN(c3cc(-n4cncn4)ncn3)C2)cc1. The van der Waals surface area contributed by atoms with E-state index in [2.05, 4.69) is 36.0 Å². The normalized spacial score (nSPS) is 13.6. The molecule has 12 nitrogen and oxygen atoms in total. The quantitative estimate of drug-likeness (QED) is 0.396. The molecule has 3 heterocycles. The van der Waals surface area contributed by atoms with Crippen LogP contribution >= 0.6 is 0 Å². The van der Waals surface area contributed by atoms with Crippen LogP contribution in [0.2, 0.25) is 0 Å². The number of hydrogen-bond acceptors (Lipinski definition) is 8. The molecule has 0 bridgehead atoms. The van der Waals surface area contributed by atoms with Crippen LogP contribution in [-0.4, -0.2) is 68.6 Å². The lowest BCUT2D eigenvalue weighted by molar-refractivity contribution is -0.125. The van der Waals surface area contributed by atoms with Gasteiger partial charge in [-0.1, -0.05) is 20.8 Å². The predicted octanol–water partition coefficient (Wildman–Crippen LogP) is 1.02. The molecule has 4 rings (SSSR count). The third-order valence-electron chi connectivity index (χ3n) is 5.66. The van der Waals surface area contributed by atoms with E-state index in [9.17, 15) is 14.4 Å². The second-order valence-corrected chi connectivity index (χ2v) is 9.50. The Morgan fingerprint density at radius 2 is 1.67 bits per heavy atom. The molecule has 12 heteroatoms. The number of benzene rings is 1. The summed E-state index contributed by atoms with van der Waals surface area (Å²) in [5.41, 5.74) is 0.598. The average Bonchev–Trinajstić information content (AvgIpc) is 3.36. The number of rotatable bonds is 8. The minimum atomic E-state index is -0.504. The molecule has 0 unspecified atom stereocenters. The zero-order valence-electron chi connectivity index (χ0n) is 20.4. The van der Waals surface area contributed by atoms with E-state index in [4.69, 9.17) is 0 Å². The summed E-state index contributed by atoms with van der Waals surface area (Å²) < 4.78 is 1.54. The van der Waals surface area contributed by atoms with Gasteiger partial charge in [-0.2, -0.15) is 5.10 Å². The van der Waals surface area contributed by atoms with E-state index < -0.39 is 5.41 Å². The third kappa shape index (κ3) is 6.01. The molecule has 36 heavy (non-hydrogen) atoms. The first-order chi connectivity index (χ1) is 17.2. The number of hydrogen-bond donors (Lipinski definition) is 3. The molecule has 3 amide bonds. The Kier molecular flexibility index (Phi) is 7.23. The van der Waals surface area contributed by atoms with E-state index in [1.165, 1.54) is 12.7 Å². The number of carbonyl (C=O) groups is 3. The molecular formula is C24H29N9O3. The van der Waals surface area contributed by atoms with E-state index in [1.807, 2.05) is 25.7 Å². The van der Waals surface area contributed by atoms with Gasteiger partial charge in [-0.05, 0) is 24.3 Å². The maximum atomic E-state index is 12.4. The van der Waals surface area contributed by atoms with Gasteiger partial charge >= 0.3 is 0 Å². The first-order valence-corrected chi connectivity index (χ1v) is 11.6. The molecule has 1 aliphatic rings. The van der Waals surface area contributed by atoms with Gasteiger partial charge in [0.2, 0.25) is 11.8 Å². The molecule has 0 radical (unpaired) electrons. The highest BCUT2D eigenvalue weighted by Crippen LogP contribution is 2.23. The van der Waals surface area contributed by atoms with Gasteiger partial charge in [0.1, 0.15) is 24.8 Å². The molecule has 0 saturated carbocycles. The van der Waals surface area contributed by atoms with Crippen molar-refractivity contribution >= 4 is 29.2 Å². The van der Waals surface area contributed by atoms with Crippen molar-refractivity contribution in [2.24, 2.45) is 11.3 Å². The molecule has 0 aliphatic carbocycles. The fourth-order valence-electron chi connectivity index (χ4n) is 3.43. The monoisotopic (exact) mass is 491 g/mol. The van der Waals surface area contributed by atoms with Gasteiger partial charge in [-0.3, -0.25) is 14.4 Å². The van der Waals surface area contributed by atoms with Crippen LogP contribution in [0, 0.1) is 11.3 Å². The number of carbonyl (C=O) groups excluding carboxylic acids is 3. The topological polar surface area (TPSA) is 147 Å². The van der Waals surface area contributed by atoms with Crippen molar-refractivity contribution in [1.82, 2.24) is 35.4 Å². The Labute approximate surface area is 208 Å². The summed E-state index contributed by atoms with van der Waals surface area (Å²) in [6.45, 7) is 7.21. The average molecular weight is 492 g/mol.